The van der Waals surface area contributed by atoms with Crippen molar-refractivity contribution < 1.29 is 0 Å². The van der Waals surface area contributed by atoms with E-state index in [1.54, 1.807) is 16.0 Å². The monoisotopic (exact) mass is 330 g/mol. The summed E-state index contributed by atoms with van der Waals surface area (Å²) in [5, 5.41) is 1.52. The number of fused-ring (bicyclic) bond motifs is 8. The van der Waals surface area contributed by atoms with E-state index >= 15 is 0 Å². The van der Waals surface area contributed by atoms with Crippen LogP contribution < -0.4 is 0 Å². The largest absolute Gasteiger partial charge is 0.140 e. The van der Waals surface area contributed by atoms with E-state index in [4.69, 9.17) is 0 Å². The molecule has 0 saturated heterocycles. The van der Waals surface area contributed by atoms with E-state index in [0.29, 0.717) is 0 Å². The number of aryl methyl sites for hydroxylation is 1. The van der Waals surface area contributed by atoms with Crippen molar-refractivity contribution in [2.24, 2.45) is 0 Å². The maximum absolute atomic E-state index is 2.42. The number of hydrogen-bond acceptors (Lipinski definition) is 1. The van der Waals surface area contributed by atoms with Crippen LogP contribution in [0.3, 0.4) is 0 Å². The molecule has 0 radical (unpaired) electrons. The van der Waals surface area contributed by atoms with Gasteiger partial charge in [0.2, 0.25) is 0 Å². The maximum Gasteiger partial charge on any atom is 0.0355 e. The van der Waals surface area contributed by atoms with Gasteiger partial charge in [0, 0.05) is 20.4 Å². The number of hydrogen-bond donors (Lipinski definition) is 0. The van der Waals surface area contributed by atoms with Gasteiger partial charge in [0.15, 0.2) is 0 Å². The molecule has 0 N–H and O–H groups in total. The number of benzene rings is 1. The van der Waals surface area contributed by atoms with Crippen LogP contribution in [0.25, 0.3) is 21.7 Å². The molecule has 1 aromatic carbocycles. The summed E-state index contributed by atoms with van der Waals surface area (Å²) >= 11 is 2.00. The topological polar surface area (TPSA) is 0 Å². The van der Waals surface area contributed by atoms with Gasteiger partial charge in [-0.2, -0.15) is 0 Å². The summed E-state index contributed by atoms with van der Waals surface area (Å²) in [5.74, 6) is 0. The highest BCUT2D eigenvalue weighted by atomic mass is 32.1. The van der Waals surface area contributed by atoms with Crippen LogP contribution in [0.4, 0.5) is 0 Å². The van der Waals surface area contributed by atoms with Gasteiger partial charge in [-0.25, -0.2) is 0 Å². The fourth-order valence-electron chi connectivity index (χ4n) is 4.57. The molecule has 2 bridgehead atoms. The van der Waals surface area contributed by atoms with Crippen molar-refractivity contribution in [3.63, 3.8) is 0 Å². The van der Waals surface area contributed by atoms with E-state index in [1.165, 1.54) is 45.2 Å². The lowest BCUT2D eigenvalue weighted by molar-refractivity contribution is 0.603. The van der Waals surface area contributed by atoms with Gasteiger partial charge in [-0.15, -0.1) is 11.3 Å². The number of rotatable bonds is 0. The third-order valence-electron chi connectivity index (χ3n) is 5.90. The van der Waals surface area contributed by atoms with Gasteiger partial charge in [0.05, 0.1) is 0 Å². The molecule has 0 atom stereocenters. The second kappa shape index (κ2) is 4.83. The van der Waals surface area contributed by atoms with Crippen molar-refractivity contribution in [3.05, 3.63) is 69.2 Å². The van der Waals surface area contributed by atoms with Gasteiger partial charge in [0.25, 0.3) is 0 Å². The Bertz CT molecular complexity index is 1000. The van der Waals surface area contributed by atoms with Crippen LogP contribution in [0.15, 0.2) is 47.6 Å². The van der Waals surface area contributed by atoms with Crippen molar-refractivity contribution in [3.8, 4) is 0 Å². The molecule has 0 spiro atoms. The quantitative estimate of drug-likeness (QED) is 0.497. The highest BCUT2D eigenvalue weighted by molar-refractivity contribution is 7.19. The van der Waals surface area contributed by atoms with Crippen LogP contribution in [-0.4, -0.2) is 0 Å². The van der Waals surface area contributed by atoms with Gasteiger partial charge in [-0.1, -0.05) is 61.4 Å². The first-order valence-electron chi connectivity index (χ1n) is 8.90. The summed E-state index contributed by atoms with van der Waals surface area (Å²) < 4.78 is 1.46. The summed E-state index contributed by atoms with van der Waals surface area (Å²) in [4.78, 5) is 1.57. The molecule has 24 heavy (non-hydrogen) atoms. The molecule has 5 rings (SSSR count). The molecule has 1 aromatic heterocycles. The lowest BCUT2D eigenvalue weighted by Gasteiger charge is -2.37. The van der Waals surface area contributed by atoms with Gasteiger partial charge in [-0.3, -0.25) is 0 Å². The second-order valence-electron chi connectivity index (χ2n) is 7.82. The highest BCUT2D eigenvalue weighted by Gasteiger charge is 2.37. The number of thiophene rings is 1. The molecule has 0 unspecified atom stereocenters. The van der Waals surface area contributed by atoms with Crippen molar-refractivity contribution >= 4 is 33.1 Å². The molecule has 3 aliphatic rings. The fourth-order valence-corrected chi connectivity index (χ4v) is 5.79. The zero-order chi connectivity index (χ0) is 16.5. The third-order valence-corrected chi connectivity index (χ3v) is 7.13. The molecule has 0 aliphatic heterocycles. The first-order chi connectivity index (χ1) is 11.6. The molecule has 120 valence electrons. The van der Waals surface area contributed by atoms with Gasteiger partial charge >= 0.3 is 0 Å². The Morgan fingerprint density at radius 2 is 2.00 bits per heavy atom. The smallest absolute Gasteiger partial charge is 0.0355 e. The molecule has 0 saturated carbocycles. The van der Waals surface area contributed by atoms with Crippen molar-refractivity contribution in [1.29, 1.82) is 0 Å². The molecular weight excluding hydrogens is 308 g/mol. The van der Waals surface area contributed by atoms with Crippen molar-refractivity contribution in [2.75, 3.05) is 0 Å². The Balaban J connectivity index is 1.93. The molecular formula is C23H22S. The number of allylic oxidation sites excluding steroid dienone is 7. The van der Waals surface area contributed by atoms with Crippen molar-refractivity contribution in [2.45, 2.75) is 45.4 Å². The predicted molar refractivity (Wildman–Crippen MR) is 107 cm³/mol. The highest BCUT2D eigenvalue weighted by Crippen LogP contribution is 2.52. The van der Waals surface area contributed by atoms with Gasteiger partial charge < -0.3 is 0 Å². The Hall–Kier alpha value is -1.86. The Labute approximate surface area is 147 Å². The third kappa shape index (κ3) is 1.85. The van der Waals surface area contributed by atoms with Crippen LogP contribution in [0.1, 0.15) is 55.2 Å². The first-order valence-corrected chi connectivity index (χ1v) is 9.71. The minimum absolute atomic E-state index is 0.0890. The Morgan fingerprint density at radius 3 is 2.88 bits per heavy atom. The molecule has 0 nitrogen and oxygen atoms in total. The molecule has 2 aromatic rings. The summed E-state index contributed by atoms with van der Waals surface area (Å²) in [5.41, 5.74) is 9.01. The van der Waals surface area contributed by atoms with Crippen LogP contribution in [-0.2, 0) is 11.8 Å². The summed E-state index contributed by atoms with van der Waals surface area (Å²) in [6, 6.07) is 4.74. The normalized spacial score (nSPS) is 20.7. The van der Waals surface area contributed by atoms with Crippen molar-refractivity contribution in [1.82, 2.24) is 0 Å². The van der Waals surface area contributed by atoms with E-state index in [0.717, 1.165) is 6.42 Å². The summed E-state index contributed by atoms with van der Waals surface area (Å²) in [6.07, 6.45) is 15.2. The van der Waals surface area contributed by atoms with E-state index in [-0.39, 0.29) is 5.41 Å². The first kappa shape index (κ1) is 14.5. The Kier molecular flexibility index (Phi) is 2.91. The van der Waals surface area contributed by atoms with Crippen LogP contribution in [0.2, 0.25) is 0 Å². The summed E-state index contributed by atoms with van der Waals surface area (Å²) in [7, 11) is 0. The Morgan fingerprint density at radius 1 is 1.12 bits per heavy atom. The fraction of sp³-hybridized carbons (Fsp3) is 0.304. The minimum atomic E-state index is 0.0890. The van der Waals surface area contributed by atoms with E-state index in [1.807, 2.05) is 11.3 Å². The average Bonchev–Trinajstić information content (AvgIpc) is 2.83. The summed E-state index contributed by atoms with van der Waals surface area (Å²) in [6.45, 7) is 7.06. The molecule has 0 amide bonds. The SMILES string of the molecule is CC1=CC=C2CC(=C1)C(C)(C)c1c2ccc2sc3c(c12)C=CCC3. The van der Waals surface area contributed by atoms with Crippen LogP contribution in [0.5, 0.6) is 0 Å². The van der Waals surface area contributed by atoms with E-state index in [9.17, 15) is 0 Å². The van der Waals surface area contributed by atoms with Crippen LogP contribution >= 0.6 is 11.3 Å². The zero-order valence-electron chi connectivity index (χ0n) is 14.6. The molecule has 1 heteroatoms. The van der Waals surface area contributed by atoms with E-state index < -0.39 is 0 Å². The van der Waals surface area contributed by atoms with Gasteiger partial charge in [-0.05, 0) is 54.5 Å². The zero-order valence-corrected chi connectivity index (χ0v) is 15.4. The maximum atomic E-state index is 2.42. The minimum Gasteiger partial charge on any atom is -0.140 e. The average molecular weight is 330 g/mol. The molecule has 3 aliphatic carbocycles. The van der Waals surface area contributed by atoms with E-state index in [2.05, 4.69) is 63.3 Å². The van der Waals surface area contributed by atoms with Gasteiger partial charge in [0.1, 0.15) is 0 Å². The molecule has 0 fully saturated rings. The predicted octanol–water partition coefficient (Wildman–Crippen LogP) is 6.81. The second-order valence-corrected chi connectivity index (χ2v) is 8.95. The lowest BCUT2D eigenvalue weighted by Crippen LogP contribution is -2.26. The molecule has 1 heterocycles. The lowest BCUT2D eigenvalue weighted by atomic mass is 9.66. The standard InChI is InChI=1S/C23H22S/c1-14-8-9-15-13-16(12-14)23(2,3)22-17(15)10-11-20-21(22)18-6-4-5-7-19(18)24-20/h4,6,8-12H,5,7,13H2,1-3H3. The van der Waals surface area contributed by atoms with Crippen LogP contribution in [0, 0.1) is 0 Å².